The summed E-state index contributed by atoms with van der Waals surface area (Å²) < 4.78 is 5.69. The van der Waals surface area contributed by atoms with E-state index >= 15 is 0 Å². The molecule has 0 radical (unpaired) electrons. The van der Waals surface area contributed by atoms with Crippen LogP contribution in [0.2, 0.25) is 5.02 Å². The van der Waals surface area contributed by atoms with Crippen molar-refractivity contribution in [2.24, 2.45) is 5.73 Å². The molecule has 3 heteroatoms. The smallest absolute Gasteiger partial charge is 0.142 e. The average Bonchev–Trinajstić information content (AvgIpc) is 2.71. The van der Waals surface area contributed by atoms with Gasteiger partial charge in [-0.3, -0.25) is 0 Å². The van der Waals surface area contributed by atoms with Gasteiger partial charge >= 0.3 is 0 Å². The zero-order valence-corrected chi connectivity index (χ0v) is 13.8. The largest absolute Gasteiger partial charge is 0.495 e. The fraction of sp³-hybridized carbons (Fsp3) is 0.667. The Kier molecular flexibility index (Phi) is 4.46. The number of hydrogen-bond donors (Lipinski definition) is 1. The molecule has 0 unspecified atom stereocenters. The number of benzene rings is 1. The van der Waals surface area contributed by atoms with E-state index in [2.05, 4.69) is 6.07 Å². The molecule has 1 fully saturated rings. The first-order valence-corrected chi connectivity index (χ1v) is 8.71. The molecule has 1 aromatic carbocycles. The summed E-state index contributed by atoms with van der Waals surface area (Å²) in [5.74, 6) is 0.835. The summed E-state index contributed by atoms with van der Waals surface area (Å²) in [5.41, 5.74) is 10.7. The Morgan fingerprint density at radius 1 is 1.05 bits per heavy atom. The van der Waals surface area contributed by atoms with Gasteiger partial charge in [0.2, 0.25) is 0 Å². The summed E-state index contributed by atoms with van der Waals surface area (Å²) in [7, 11) is 1.72. The number of halogens is 1. The maximum absolute atomic E-state index is 6.86. The van der Waals surface area contributed by atoms with E-state index in [9.17, 15) is 0 Å². The summed E-state index contributed by atoms with van der Waals surface area (Å²) in [6.07, 6.45) is 11.9. The van der Waals surface area contributed by atoms with E-state index in [1.807, 2.05) is 0 Å². The van der Waals surface area contributed by atoms with E-state index in [4.69, 9.17) is 22.1 Å². The lowest BCUT2D eigenvalue weighted by Crippen LogP contribution is -2.40. The maximum atomic E-state index is 6.86. The van der Waals surface area contributed by atoms with E-state index in [1.54, 1.807) is 7.11 Å². The highest BCUT2D eigenvalue weighted by Crippen LogP contribution is 2.46. The van der Waals surface area contributed by atoms with Crippen molar-refractivity contribution in [3.05, 3.63) is 27.8 Å². The third kappa shape index (κ3) is 2.80. The zero-order chi connectivity index (χ0) is 14.9. The molecule has 21 heavy (non-hydrogen) atoms. The van der Waals surface area contributed by atoms with Crippen molar-refractivity contribution in [2.75, 3.05) is 7.11 Å². The Labute approximate surface area is 133 Å². The number of ether oxygens (including phenoxy) is 1. The van der Waals surface area contributed by atoms with Gasteiger partial charge in [-0.1, -0.05) is 37.3 Å². The summed E-state index contributed by atoms with van der Waals surface area (Å²) in [6, 6.07) is 2.12. The average molecular weight is 308 g/mol. The van der Waals surface area contributed by atoms with Gasteiger partial charge in [0.15, 0.2) is 0 Å². The molecular formula is C18H26ClNO. The summed E-state index contributed by atoms with van der Waals surface area (Å²) in [6.45, 7) is 0. The van der Waals surface area contributed by atoms with Gasteiger partial charge in [0.05, 0.1) is 12.1 Å². The Balaban J connectivity index is 2.17. The van der Waals surface area contributed by atoms with Crippen LogP contribution in [0.15, 0.2) is 6.07 Å². The van der Waals surface area contributed by atoms with Crippen LogP contribution in [0.5, 0.6) is 5.75 Å². The minimum Gasteiger partial charge on any atom is -0.495 e. The first kappa shape index (κ1) is 15.2. The number of aryl methyl sites for hydroxylation is 1. The summed E-state index contributed by atoms with van der Waals surface area (Å²) in [5, 5.41) is 0.739. The van der Waals surface area contributed by atoms with Crippen molar-refractivity contribution in [3.63, 3.8) is 0 Å². The molecule has 0 heterocycles. The second-order valence-corrected chi connectivity index (χ2v) is 7.09. The first-order chi connectivity index (χ1) is 10.2. The Morgan fingerprint density at radius 3 is 2.43 bits per heavy atom. The second-order valence-electron chi connectivity index (χ2n) is 6.68. The molecule has 2 N–H and O–H groups in total. The molecule has 3 rings (SSSR count). The minimum absolute atomic E-state index is 0.247. The lowest BCUT2D eigenvalue weighted by atomic mass is 9.74. The van der Waals surface area contributed by atoms with Crippen LogP contribution in [0.1, 0.15) is 68.1 Å². The molecule has 1 aromatic rings. The van der Waals surface area contributed by atoms with Crippen LogP contribution in [0.25, 0.3) is 0 Å². The lowest BCUT2D eigenvalue weighted by molar-refractivity contribution is 0.286. The van der Waals surface area contributed by atoms with Crippen molar-refractivity contribution in [1.82, 2.24) is 0 Å². The monoisotopic (exact) mass is 307 g/mol. The molecule has 0 bridgehead atoms. The van der Waals surface area contributed by atoms with Crippen molar-refractivity contribution in [2.45, 2.75) is 69.7 Å². The summed E-state index contributed by atoms with van der Waals surface area (Å²) >= 11 is 6.52. The van der Waals surface area contributed by atoms with Crippen molar-refractivity contribution < 1.29 is 4.74 Å². The standard InChI is InChI=1S/C18H26ClNO/c1-21-17-15(19)12-13-8-4-2-5-9-14(13)16(17)18(20)10-6-3-7-11-18/h12H,2-11,20H2,1H3. The normalized spacial score (nSPS) is 21.5. The highest BCUT2D eigenvalue weighted by molar-refractivity contribution is 6.32. The number of fused-ring (bicyclic) bond motifs is 1. The molecule has 0 amide bonds. The molecule has 0 spiro atoms. The highest BCUT2D eigenvalue weighted by Gasteiger charge is 2.36. The van der Waals surface area contributed by atoms with Gasteiger partial charge < -0.3 is 10.5 Å². The van der Waals surface area contributed by atoms with Crippen LogP contribution >= 0.6 is 11.6 Å². The highest BCUT2D eigenvalue weighted by atomic mass is 35.5. The van der Waals surface area contributed by atoms with Crippen molar-refractivity contribution in [1.29, 1.82) is 0 Å². The zero-order valence-electron chi connectivity index (χ0n) is 13.0. The third-order valence-corrected chi connectivity index (χ3v) is 5.54. The van der Waals surface area contributed by atoms with Crippen LogP contribution < -0.4 is 10.5 Å². The number of hydrogen-bond acceptors (Lipinski definition) is 2. The summed E-state index contributed by atoms with van der Waals surface area (Å²) in [4.78, 5) is 0. The molecule has 2 aliphatic rings. The lowest BCUT2D eigenvalue weighted by Gasteiger charge is -2.37. The van der Waals surface area contributed by atoms with Gasteiger partial charge in [0.1, 0.15) is 5.75 Å². The molecule has 116 valence electrons. The number of rotatable bonds is 2. The molecule has 0 atom stereocenters. The van der Waals surface area contributed by atoms with Crippen LogP contribution in [0.4, 0.5) is 0 Å². The van der Waals surface area contributed by atoms with Crippen LogP contribution in [-0.2, 0) is 18.4 Å². The Hall–Kier alpha value is -0.730. The van der Waals surface area contributed by atoms with E-state index in [1.165, 1.54) is 55.2 Å². The van der Waals surface area contributed by atoms with Gasteiger partial charge in [-0.25, -0.2) is 0 Å². The van der Waals surface area contributed by atoms with E-state index in [0.29, 0.717) is 0 Å². The van der Waals surface area contributed by atoms with E-state index < -0.39 is 0 Å². The van der Waals surface area contributed by atoms with Gasteiger partial charge in [0, 0.05) is 11.1 Å². The fourth-order valence-electron chi connectivity index (χ4n) is 4.18. The Bertz CT molecular complexity index is 520. The van der Waals surface area contributed by atoms with E-state index in [-0.39, 0.29) is 5.54 Å². The SMILES string of the molecule is COc1c(Cl)cc2c(c1C1(N)CCCCC1)CCCCC2. The molecule has 0 aromatic heterocycles. The molecule has 2 nitrogen and oxygen atoms in total. The fourth-order valence-corrected chi connectivity index (χ4v) is 4.49. The molecule has 2 aliphatic carbocycles. The van der Waals surface area contributed by atoms with Gasteiger partial charge in [0.25, 0.3) is 0 Å². The number of nitrogens with two attached hydrogens (primary N) is 1. The van der Waals surface area contributed by atoms with Gasteiger partial charge in [-0.05, 0) is 55.7 Å². The predicted octanol–water partition coefficient (Wildman–Crippen LogP) is 4.74. The van der Waals surface area contributed by atoms with Gasteiger partial charge in [-0.2, -0.15) is 0 Å². The molecule has 0 saturated heterocycles. The van der Waals surface area contributed by atoms with Crippen molar-refractivity contribution in [3.8, 4) is 5.75 Å². The first-order valence-electron chi connectivity index (χ1n) is 8.33. The minimum atomic E-state index is -0.247. The topological polar surface area (TPSA) is 35.2 Å². The molecule has 1 saturated carbocycles. The van der Waals surface area contributed by atoms with Gasteiger partial charge in [-0.15, -0.1) is 0 Å². The second kappa shape index (κ2) is 6.18. The van der Waals surface area contributed by atoms with Crippen LogP contribution in [-0.4, -0.2) is 7.11 Å². The number of methoxy groups -OCH3 is 1. The maximum Gasteiger partial charge on any atom is 0.142 e. The predicted molar refractivity (Wildman–Crippen MR) is 88.2 cm³/mol. The molecule has 0 aliphatic heterocycles. The van der Waals surface area contributed by atoms with Crippen molar-refractivity contribution >= 4 is 11.6 Å². The third-order valence-electron chi connectivity index (χ3n) is 5.26. The quantitative estimate of drug-likeness (QED) is 0.801. The van der Waals surface area contributed by atoms with E-state index in [0.717, 1.165) is 36.5 Å². The Morgan fingerprint density at radius 2 is 1.71 bits per heavy atom. The molecular weight excluding hydrogens is 282 g/mol. The van der Waals surface area contributed by atoms with Crippen LogP contribution in [0, 0.1) is 0 Å². The van der Waals surface area contributed by atoms with Crippen LogP contribution in [0.3, 0.4) is 0 Å².